The van der Waals surface area contributed by atoms with Gasteiger partial charge in [0.25, 0.3) is 5.97 Å². The molecule has 0 atom stereocenters. The SMILES string of the molecule is CC(=O)O.Nc1nccc(Nc2ccc3[nH]nc(-c4cccc(OCc5ccccc5)c4)c3c2)n1. The van der Waals surface area contributed by atoms with Crippen LogP contribution in [0.15, 0.2) is 85.1 Å². The average Bonchev–Trinajstić information content (AvgIpc) is 3.27. The second-order valence-corrected chi connectivity index (χ2v) is 7.58. The summed E-state index contributed by atoms with van der Waals surface area (Å²) >= 11 is 0. The maximum atomic E-state index is 9.00. The number of benzene rings is 3. The highest BCUT2D eigenvalue weighted by molar-refractivity contribution is 5.95. The minimum absolute atomic E-state index is 0.224. The molecule has 9 heteroatoms. The normalized spacial score (nSPS) is 10.3. The summed E-state index contributed by atoms with van der Waals surface area (Å²) in [4.78, 5) is 17.1. The van der Waals surface area contributed by atoms with Gasteiger partial charge in [0.2, 0.25) is 5.95 Å². The van der Waals surface area contributed by atoms with Crippen molar-refractivity contribution in [2.75, 3.05) is 11.1 Å². The van der Waals surface area contributed by atoms with Crippen molar-refractivity contribution in [1.82, 2.24) is 20.2 Å². The van der Waals surface area contributed by atoms with Crippen LogP contribution in [0.5, 0.6) is 5.75 Å². The predicted octanol–water partition coefficient (Wildman–Crippen LogP) is 5.02. The number of hydrogen-bond acceptors (Lipinski definition) is 7. The first-order chi connectivity index (χ1) is 17.0. The number of aromatic nitrogens is 4. The summed E-state index contributed by atoms with van der Waals surface area (Å²) in [6.07, 6.45) is 1.62. The number of fused-ring (bicyclic) bond motifs is 1. The van der Waals surface area contributed by atoms with Gasteiger partial charge in [-0.15, -0.1) is 0 Å². The number of carboxylic acid groups (broad SMARTS) is 1. The van der Waals surface area contributed by atoms with E-state index in [2.05, 4.69) is 25.5 Å². The Balaban J connectivity index is 0.000000672. The number of nitrogens with two attached hydrogens (primary N) is 1. The summed E-state index contributed by atoms with van der Waals surface area (Å²) in [6.45, 7) is 1.60. The highest BCUT2D eigenvalue weighted by Gasteiger charge is 2.10. The molecular formula is C26H24N6O3. The number of H-pyrrole nitrogens is 1. The standard InChI is InChI=1S/C24H20N6O.C2H4O2/c25-24-26-12-11-22(28-24)27-18-9-10-21-20(14-18)23(30-29-21)17-7-4-8-19(13-17)31-15-16-5-2-1-3-6-16;1-2(3)4/h1-14H,15H2,(H,29,30)(H3,25,26,27,28);1H3,(H,3,4). The fourth-order valence-corrected chi connectivity index (χ4v) is 3.38. The van der Waals surface area contributed by atoms with Gasteiger partial charge < -0.3 is 20.9 Å². The molecule has 0 aliphatic carbocycles. The van der Waals surface area contributed by atoms with Crippen LogP contribution in [-0.4, -0.2) is 31.2 Å². The molecule has 0 amide bonds. The van der Waals surface area contributed by atoms with E-state index in [1.807, 2.05) is 72.8 Å². The number of anilines is 3. The van der Waals surface area contributed by atoms with Crippen LogP contribution in [0.25, 0.3) is 22.2 Å². The summed E-state index contributed by atoms with van der Waals surface area (Å²) in [5.41, 5.74) is 10.4. The first kappa shape index (κ1) is 23.2. The van der Waals surface area contributed by atoms with E-state index in [0.717, 1.165) is 46.1 Å². The van der Waals surface area contributed by atoms with Gasteiger partial charge in [0.05, 0.1) is 5.52 Å². The third-order valence-corrected chi connectivity index (χ3v) is 4.87. The van der Waals surface area contributed by atoms with Crippen molar-refractivity contribution in [2.24, 2.45) is 0 Å². The number of nitrogen functional groups attached to an aromatic ring is 1. The van der Waals surface area contributed by atoms with E-state index in [9.17, 15) is 0 Å². The monoisotopic (exact) mass is 468 g/mol. The van der Waals surface area contributed by atoms with Crippen molar-refractivity contribution in [3.05, 3.63) is 90.6 Å². The maximum Gasteiger partial charge on any atom is 0.300 e. The Hall–Kier alpha value is -4.92. The van der Waals surface area contributed by atoms with Gasteiger partial charge in [-0.2, -0.15) is 10.1 Å². The molecule has 9 nitrogen and oxygen atoms in total. The van der Waals surface area contributed by atoms with Gasteiger partial charge in [-0.25, -0.2) is 4.98 Å². The summed E-state index contributed by atoms with van der Waals surface area (Å²) in [7, 11) is 0. The molecule has 5 aromatic rings. The van der Waals surface area contributed by atoms with Crippen molar-refractivity contribution in [3.8, 4) is 17.0 Å². The number of rotatable bonds is 6. The molecule has 35 heavy (non-hydrogen) atoms. The molecule has 2 heterocycles. The predicted molar refractivity (Wildman–Crippen MR) is 135 cm³/mol. The summed E-state index contributed by atoms with van der Waals surface area (Å²) < 4.78 is 5.98. The number of carboxylic acids is 1. The molecule has 0 saturated carbocycles. The third-order valence-electron chi connectivity index (χ3n) is 4.87. The first-order valence-corrected chi connectivity index (χ1v) is 10.8. The zero-order chi connectivity index (χ0) is 24.6. The zero-order valence-corrected chi connectivity index (χ0v) is 19.0. The minimum atomic E-state index is -0.833. The largest absolute Gasteiger partial charge is 0.489 e. The molecule has 2 aromatic heterocycles. The Labute approximate surface area is 201 Å². The zero-order valence-electron chi connectivity index (χ0n) is 19.0. The average molecular weight is 469 g/mol. The quantitative estimate of drug-likeness (QED) is 0.273. The van der Waals surface area contributed by atoms with E-state index in [-0.39, 0.29) is 5.95 Å². The van der Waals surface area contributed by atoms with Gasteiger partial charge in [-0.3, -0.25) is 9.89 Å². The molecule has 176 valence electrons. The van der Waals surface area contributed by atoms with Crippen LogP contribution in [0, 0.1) is 0 Å². The Bertz CT molecular complexity index is 1430. The van der Waals surface area contributed by atoms with Crippen LogP contribution < -0.4 is 15.8 Å². The second kappa shape index (κ2) is 10.8. The summed E-state index contributed by atoms with van der Waals surface area (Å²) in [5, 5.41) is 19.3. The van der Waals surface area contributed by atoms with Gasteiger partial charge in [0.1, 0.15) is 23.9 Å². The van der Waals surface area contributed by atoms with E-state index >= 15 is 0 Å². The van der Waals surface area contributed by atoms with Crippen LogP contribution >= 0.6 is 0 Å². The third kappa shape index (κ3) is 6.32. The molecule has 0 bridgehead atoms. The molecule has 0 aliphatic heterocycles. The molecule has 0 saturated heterocycles. The lowest BCUT2D eigenvalue weighted by atomic mass is 10.1. The Kier molecular flexibility index (Phi) is 7.17. The van der Waals surface area contributed by atoms with Crippen molar-refractivity contribution in [1.29, 1.82) is 0 Å². The molecule has 3 aromatic carbocycles. The first-order valence-electron chi connectivity index (χ1n) is 10.8. The molecule has 0 unspecified atom stereocenters. The highest BCUT2D eigenvalue weighted by atomic mass is 16.5. The number of aromatic amines is 1. The van der Waals surface area contributed by atoms with Crippen molar-refractivity contribution in [3.63, 3.8) is 0 Å². The Morgan fingerprint density at radius 2 is 1.86 bits per heavy atom. The molecule has 5 rings (SSSR count). The lowest BCUT2D eigenvalue weighted by Gasteiger charge is -2.08. The molecule has 5 N–H and O–H groups in total. The van der Waals surface area contributed by atoms with Crippen LogP contribution in [0.1, 0.15) is 12.5 Å². The lowest BCUT2D eigenvalue weighted by molar-refractivity contribution is -0.134. The number of aliphatic carboxylic acids is 1. The maximum absolute atomic E-state index is 9.00. The number of nitrogens with zero attached hydrogens (tertiary/aromatic N) is 3. The fraction of sp³-hybridized carbons (Fsp3) is 0.0769. The van der Waals surface area contributed by atoms with Crippen molar-refractivity contribution in [2.45, 2.75) is 13.5 Å². The van der Waals surface area contributed by atoms with Gasteiger partial charge in [0.15, 0.2) is 0 Å². The van der Waals surface area contributed by atoms with Crippen LogP contribution in [0.4, 0.5) is 17.5 Å². The summed E-state index contributed by atoms with van der Waals surface area (Å²) in [5.74, 6) is 0.818. The van der Waals surface area contributed by atoms with Gasteiger partial charge in [0, 0.05) is 29.8 Å². The summed E-state index contributed by atoms with van der Waals surface area (Å²) in [6, 6.07) is 25.8. The van der Waals surface area contributed by atoms with E-state index in [0.29, 0.717) is 12.4 Å². The van der Waals surface area contributed by atoms with Gasteiger partial charge >= 0.3 is 0 Å². The molecule has 0 spiro atoms. The molecule has 0 aliphatic rings. The molecule has 0 fully saturated rings. The Morgan fingerprint density at radius 1 is 1.06 bits per heavy atom. The van der Waals surface area contributed by atoms with Gasteiger partial charge in [-0.05, 0) is 42.0 Å². The smallest absolute Gasteiger partial charge is 0.300 e. The molecule has 0 radical (unpaired) electrons. The van der Waals surface area contributed by atoms with E-state index in [1.54, 1.807) is 12.3 Å². The second-order valence-electron chi connectivity index (χ2n) is 7.58. The van der Waals surface area contributed by atoms with E-state index in [1.165, 1.54) is 0 Å². The molecular weight excluding hydrogens is 444 g/mol. The highest BCUT2D eigenvalue weighted by Crippen LogP contribution is 2.31. The number of carbonyl (C=O) groups is 1. The topological polar surface area (TPSA) is 139 Å². The minimum Gasteiger partial charge on any atom is -0.489 e. The van der Waals surface area contributed by atoms with Crippen molar-refractivity contribution >= 4 is 34.3 Å². The Morgan fingerprint density at radius 3 is 2.63 bits per heavy atom. The fourth-order valence-electron chi connectivity index (χ4n) is 3.38. The lowest BCUT2D eigenvalue weighted by Crippen LogP contribution is -1.98. The van der Waals surface area contributed by atoms with Crippen LogP contribution in [0.3, 0.4) is 0 Å². The van der Waals surface area contributed by atoms with Crippen LogP contribution in [0.2, 0.25) is 0 Å². The van der Waals surface area contributed by atoms with E-state index in [4.69, 9.17) is 20.4 Å². The van der Waals surface area contributed by atoms with Gasteiger partial charge in [-0.1, -0.05) is 42.5 Å². The number of hydrogen-bond donors (Lipinski definition) is 4. The van der Waals surface area contributed by atoms with Crippen molar-refractivity contribution < 1.29 is 14.6 Å². The number of ether oxygens (including phenoxy) is 1. The van der Waals surface area contributed by atoms with Crippen LogP contribution in [-0.2, 0) is 11.4 Å². The number of nitrogens with one attached hydrogen (secondary N) is 2. The van der Waals surface area contributed by atoms with E-state index < -0.39 is 5.97 Å².